The summed E-state index contributed by atoms with van der Waals surface area (Å²) >= 11 is 0. The molecule has 0 N–H and O–H groups in total. The van der Waals surface area contributed by atoms with Crippen LogP contribution in [0.15, 0.2) is 0 Å². The molecular formula is C16H26O5. The van der Waals surface area contributed by atoms with E-state index in [1.54, 1.807) is 7.11 Å². The van der Waals surface area contributed by atoms with Gasteiger partial charge >= 0.3 is 0 Å². The minimum atomic E-state index is -0.698. The summed E-state index contributed by atoms with van der Waals surface area (Å²) in [5.74, 6) is 0.953. The third kappa shape index (κ3) is 1.81. The summed E-state index contributed by atoms with van der Waals surface area (Å²) in [5.41, 5.74) is -0.470. The zero-order chi connectivity index (χ0) is 14.8. The SMILES string of the molecule is COC1OC2OC3(C)CCC4[C@H](C)CCC([C@H]1C)[C@@]24OO3. The van der Waals surface area contributed by atoms with Gasteiger partial charge in [-0.15, -0.1) is 0 Å². The quantitative estimate of drug-likeness (QED) is 0.697. The molecule has 5 unspecified atom stereocenters. The topological polar surface area (TPSA) is 46.2 Å². The van der Waals surface area contributed by atoms with Crippen LogP contribution in [0.2, 0.25) is 0 Å². The van der Waals surface area contributed by atoms with Crippen LogP contribution in [0.3, 0.4) is 0 Å². The number of hydrogen-bond acceptors (Lipinski definition) is 5. The molecule has 120 valence electrons. The molecule has 5 nitrogen and oxygen atoms in total. The predicted molar refractivity (Wildman–Crippen MR) is 73.8 cm³/mol. The van der Waals surface area contributed by atoms with E-state index in [0.29, 0.717) is 17.8 Å². The molecule has 0 radical (unpaired) electrons. The van der Waals surface area contributed by atoms with Gasteiger partial charge in [-0.1, -0.05) is 13.8 Å². The van der Waals surface area contributed by atoms with Gasteiger partial charge in [0.2, 0.25) is 5.79 Å². The largest absolute Gasteiger partial charge is 0.355 e. The molecule has 0 aromatic heterocycles. The average molecular weight is 298 g/mol. The van der Waals surface area contributed by atoms with Crippen LogP contribution in [0, 0.1) is 23.7 Å². The number of methoxy groups -OCH3 is 1. The molecule has 1 aliphatic carbocycles. The fraction of sp³-hybridized carbons (Fsp3) is 1.00. The maximum atomic E-state index is 6.21. The number of fused-ring (bicyclic) bond motifs is 2. The van der Waals surface area contributed by atoms with Gasteiger partial charge in [0.25, 0.3) is 0 Å². The lowest BCUT2D eigenvalue weighted by molar-refractivity contribution is -0.577. The molecule has 1 saturated carbocycles. The lowest BCUT2D eigenvalue weighted by atomic mass is 9.58. The Bertz CT molecular complexity index is 429. The van der Waals surface area contributed by atoms with Gasteiger partial charge in [-0.3, -0.25) is 0 Å². The van der Waals surface area contributed by atoms with Gasteiger partial charge in [0, 0.05) is 25.4 Å². The van der Waals surface area contributed by atoms with Crippen LogP contribution in [-0.4, -0.2) is 31.1 Å². The summed E-state index contributed by atoms with van der Waals surface area (Å²) in [6.07, 6.45) is 3.64. The van der Waals surface area contributed by atoms with E-state index in [2.05, 4.69) is 13.8 Å². The zero-order valence-electron chi connectivity index (χ0n) is 13.3. The van der Waals surface area contributed by atoms with Crippen molar-refractivity contribution in [2.45, 2.75) is 70.4 Å². The summed E-state index contributed by atoms with van der Waals surface area (Å²) in [5, 5.41) is 0. The van der Waals surface area contributed by atoms with Crippen molar-refractivity contribution in [3.8, 4) is 0 Å². The highest BCUT2D eigenvalue weighted by Gasteiger charge is 2.69. The van der Waals surface area contributed by atoms with Crippen molar-refractivity contribution in [1.29, 1.82) is 0 Å². The molecule has 21 heavy (non-hydrogen) atoms. The van der Waals surface area contributed by atoms with E-state index in [4.69, 9.17) is 24.0 Å². The third-order valence-corrected chi connectivity index (χ3v) is 6.33. The van der Waals surface area contributed by atoms with E-state index in [1.807, 2.05) is 6.92 Å². The first-order valence-electron chi connectivity index (χ1n) is 8.23. The number of hydrogen-bond donors (Lipinski definition) is 0. The smallest absolute Gasteiger partial charge is 0.201 e. The highest BCUT2D eigenvalue weighted by Crippen LogP contribution is 2.60. The van der Waals surface area contributed by atoms with Gasteiger partial charge in [0.15, 0.2) is 18.2 Å². The molecule has 4 saturated heterocycles. The van der Waals surface area contributed by atoms with Crippen molar-refractivity contribution >= 4 is 0 Å². The summed E-state index contributed by atoms with van der Waals surface area (Å²) in [6.45, 7) is 6.46. The molecule has 0 aromatic rings. The van der Waals surface area contributed by atoms with Crippen LogP contribution in [0.5, 0.6) is 0 Å². The van der Waals surface area contributed by atoms with Crippen LogP contribution < -0.4 is 0 Å². The van der Waals surface area contributed by atoms with Crippen molar-refractivity contribution in [1.82, 2.24) is 0 Å². The molecule has 2 bridgehead atoms. The Morgan fingerprint density at radius 3 is 2.62 bits per heavy atom. The van der Waals surface area contributed by atoms with Crippen LogP contribution in [0.4, 0.5) is 0 Å². The number of ether oxygens (including phenoxy) is 3. The summed E-state index contributed by atoms with van der Waals surface area (Å²) < 4.78 is 17.9. The summed E-state index contributed by atoms with van der Waals surface area (Å²) in [4.78, 5) is 11.8. The van der Waals surface area contributed by atoms with Crippen molar-refractivity contribution in [2.75, 3.05) is 7.11 Å². The standard InChI is InChI=1S/C16H26O5/c1-9-5-6-12-10(2)13(17-4)18-14-16(12)11(9)7-8-15(3,19-14)20-21-16/h9-14H,5-8H2,1-4H3/t9-,10-,11?,12?,13?,14?,15?,16-/m1/s1. The first-order chi connectivity index (χ1) is 10.00. The molecule has 1 spiro atoms. The van der Waals surface area contributed by atoms with E-state index in [1.165, 1.54) is 6.42 Å². The zero-order valence-corrected chi connectivity index (χ0v) is 13.3. The molecule has 4 aliphatic heterocycles. The second-order valence-electron chi connectivity index (χ2n) is 7.51. The van der Waals surface area contributed by atoms with Crippen molar-refractivity contribution in [3.63, 3.8) is 0 Å². The van der Waals surface area contributed by atoms with Crippen molar-refractivity contribution in [2.24, 2.45) is 23.7 Å². The van der Waals surface area contributed by atoms with Crippen LogP contribution in [0.25, 0.3) is 0 Å². The summed E-state index contributed by atoms with van der Waals surface area (Å²) in [7, 11) is 1.70. The molecule has 5 heteroatoms. The highest BCUT2D eigenvalue weighted by atomic mass is 17.3. The first kappa shape index (κ1) is 14.4. The molecule has 0 aromatic carbocycles. The predicted octanol–water partition coefficient (Wildman–Crippen LogP) is 2.84. The normalized spacial score (nSPS) is 59.4. The lowest BCUT2D eigenvalue weighted by Gasteiger charge is -2.60. The van der Waals surface area contributed by atoms with E-state index in [-0.39, 0.29) is 12.2 Å². The van der Waals surface area contributed by atoms with Gasteiger partial charge in [0.05, 0.1) is 0 Å². The molecule has 8 atom stereocenters. The molecular weight excluding hydrogens is 272 g/mol. The Kier molecular flexibility index (Phi) is 3.19. The number of rotatable bonds is 1. The van der Waals surface area contributed by atoms with Gasteiger partial charge in [0.1, 0.15) is 0 Å². The highest BCUT2D eigenvalue weighted by molar-refractivity contribution is 5.08. The Hall–Kier alpha value is -0.200. The van der Waals surface area contributed by atoms with Crippen LogP contribution in [0.1, 0.15) is 46.5 Å². The van der Waals surface area contributed by atoms with Gasteiger partial charge in [-0.2, -0.15) is 0 Å². The average Bonchev–Trinajstić information content (AvgIpc) is 2.69. The lowest BCUT2D eigenvalue weighted by Crippen LogP contribution is -2.70. The molecule has 5 fully saturated rings. The van der Waals surface area contributed by atoms with Gasteiger partial charge in [-0.25, -0.2) is 9.78 Å². The van der Waals surface area contributed by atoms with Gasteiger partial charge in [-0.05, 0) is 38.0 Å². The molecule has 4 heterocycles. The molecule has 5 rings (SSSR count). The fourth-order valence-electron chi connectivity index (χ4n) is 5.14. The van der Waals surface area contributed by atoms with Crippen molar-refractivity contribution < 1.29 is 24.0 Å². The van der Waals surface area contributed by atoms with Crippen molar-refractivity contribution in [3.05, 3.63) is 0 Å². The molecule has 5 aliphatic rings. The first-order valence-corrected chi connectivity index (χ1v) is 8.23. The van der Waals surface area contributed by atoms with Gasteiger partial charge < -0.3 is 14.2 Å². The Balaban J connectivity index is 1.79. The minimum absolute atomic E-state index is 0.230. The van der Waals surface area contributed by atoms with E-state index in [0.717, 1.165) is 19.3 Å². The second kappa shape index (κ2) is 4.65. The van der Waals surface area contributed by atoms with Crippen LogP contribution in [-0.2, 0) is 24.0 Å². The van der Waals surface area contributed by atoms with E-state index < -0.39 is 17.7 Å². The third-order valence-electron chi connectivity index (χ3n) is 6.33. The monoisotopic (exact) mass is 298 g/mol. The van der Waals surface area contributed by atoms with E-state index in [9.17, 15) is 0 Å². The Morgan fingerprint density at radius 2 is 1.86 bits per heavy atom. The maximum Gasteiger partial charge on any atom is 0.201 e. The summed E-state index contributed by atoms with van der Waals surface area (Å²) in [6, 6.07) is 0. The molecule has 0 amide bonds. The maximum absolute atomic E-state index is 6.21. The fourth-order valence-corrected chi connectivity index (χ4v) is 5.14. The minimum Gasteiger partial charge on any atom is -0.355 e. The second-order valence-corrected chi connectivity index (χ2v) is 7.51. The Morgan fingerprint density at radius 1 is 1.05 bits per heavy atom. The van der Waals surface area contributed by atoms with E-state index >= 15 is 0 Å². The Labute approximate surface area is 126 Å². The van der Waals surface area contributed by atoms with Crippen LogP contribution >= 0.6 is 0 Å².